The van der Waals surface area contributed by atoms with Crippen molar-refractivity contribution < 1.29 is 14.3 Å². The van der Waals surface area contributed by atoms with Crippen LogP contribution in [-0.4, -0.2) is 28.1 Å². The molecule has 6 heteroatoms. The average molecular weight is 273 g/mol. The lowest BCUT2D eigenvalue weighted by molar-refractivity contribution is -0.00220. The van der Waals surface area contributed by atoms with Crippen LogP contribution in [0, 0.1) is 6.92 Å². The van der Waals surface area contributed by atoms with Gasteiger partial charge in [0.1, 0.15) is 6.10 Å². The standard InChI is InChI=1S/C14H15N3O3/c1-9-3-5-10(6-4-9)12-7-17-11(8-20-12)13(15-16-17)14(18)19-2/h3-6,12H,7-8H2,1-2H3/t12-/m1/s1. The molecule has 3 rings (SSSR count). The number of carbonyl (C=O) groups excluding carboxylic acids is 1. The minimum absolute atomic E-state index is 0.0738. The molecule has 0 amide bonds. The topological polar surface area (TPSA) is 66.2 Å². The van der Waals surface area contributed by atoms with Crippen LogP contribution in [-0.2, 0) is 22.6 Å². The van der Waals surface area contributed by atoms with E-state index in [9.17, 15) is 4.79 Å². The molecule has 1 atom stereocenters. The summed E-state index contributed by atoms with van der Waals surface area (Å²) in [5.41, 5.74) is 3.20. The van der Waals surface area contributed by atoms with E-state index in [0.29, 0.717) is 18.8 Å². The Morgan fingerprint density at radius 1 is 1.40 bits per heavy atom. The molecule has 20 heavy (non-hydrogen) atoms. The third kappa shape index (κ3) is 2.18. The maximum absolute atomic E-state index is 11.5. The Labute approximate surface area is 116 Å². The summed E-state index contributed by atoms with van der Waals surface area (Å²) in [7, 11) is 1.33. The summed E-state index contributed by atoms with van der Waals surface area (Å²) < 4.78 is 12.2. The highest BCUT2D eigenvalue weighted by molar-refractivity contribution is 5.88. The van der Waals surface area contributed by atoms with Crippen molar-refractivity contribution >= 4 is 5.97 Å². The number of fused-ring (bicyclic) bond motifs is 1. The fraction of sp³-hybridized carbons (Fsp3) is 0.357. The van der Waals surface area contributed by atoms with Crippen molar-refractivity contribution in [1.29, 1.82) is 0 Å². The fourth-order valence-corrected chi connectivity index (χ4v) is 2.25. The number of hydrogen-bond acceptors (Lipinski definition) is 5. The Balaban J connectivity index is 1.84. The summed E-state index contributed by atoms with van der Waals surface area (Å²) in [6.07, 6.45) is -0.0738. The number of carbonyl (C=O) groups is 1. The molecule has 1 aromatic carbocycles. The molecule has 0 fully saturated rings. The van der Waals surface area contributed by atoms with Gasteiger partial charge in [-0.2, -0.15) is 0 Å². The molecule has 1 aromatic heterocycles. The minimum Gasteiger partial charge on any atom is -0.464 e. The van der Waals surface area contributed by atoms with Crippen molar-refractivity contribution in [1.82, 2.24) is 15.0 Å². The molecule has 0 saturated heterocycles. The van der Waals surface area contributed by atoms with Gasteiger partial charge in [-0.1, -0.05) is 35.0 Å². The van der Waals surface area contributed by atoms with Gasteiger partial charge in [0, 0.05) is 0 Å². The van der Waals surface area contributed by atoms with Crippen LogP contribution in [0.2, 0.25) is 0 Å². The number of nitrogens with zero attached hydrogens (tertiary/aromatic N) is 3. The zero-order valence-electron chi connectivity index (χ0n) is 11.4. The van der Waals surface area contributed by atoms with Gasteiger partial charge in [0.05, 0.1) is 26.0 Å². The van der Waals surface area contributed by atoms with Crippen molar-refractivity contribution in [3.63, 3.8) is 0 Å². The monoisotopic (exact) mass is 273 g/mol. The summed E-state index contributed by atoms with van der Waals surface area (Å²) in [6, 6.07) is 8.19. The van der Waals surface area contributed by atoms with E-state index in [1.807, 2.05) is 19.1 Å². The van der Waals surface area contributed by atoms with E-state index >= 15 is 0 Å². The molecule has 0 aliphatic carbocycles. The number of hydrogen-bond donors (Lipinski definition) is 0. The number of aryl methyl sites for hydroxylation is 1. The van der Waals surface area contributed by atoms with Gasteiger partial charge in [-0.3, -0.25) is 0 Å². The molecule has 104 valence electrons. The van der Waals surface area contributed by atoms with Crippen LogP contribution in [0.25, 0.3) is 0 Å². The molecule has 1 aliphatic rings. The largest absolute Gasteiger partial charge is 0.464 e. The molecule has 0 bridgehead atoms. The van der Waals surface area contributed by atoms with E-state index in [0.717, 1.165) is 5.56 Å². The summed E-state index contributed by atoms with van der Waals surface area (Å²) in [4.78, 5) is 11.5. The number of rotatable bonds is 2. The molecule has 0 radical (unpaired) electrons. The quantitative estimate of drug-likeness (QED) is 0.778. The smallest absolute Gasteiger partial charge is 0.360 e. The van der Waals surface area contributed by atoms with E-state index in [2.05, 4.69) is 27.2 Å². The molecular formula is C14H15N3O3. The molecule has 0 unspecified atom stereocenters. The highest BCUT2D eigenvalue weighted by atomic mass is 16.5. The first-order valence-electron chi connectivity index (χ1n) is 6.38. The maximum atomic E-state index is 11.5. The van der Waals surface area contributed by atoms with Crippen molar-refractivity contribution in [3.8, 4) is 0 Å². The normalized spacial score (nSPS) is 17.6. The lowest BCUT2D eigenvalue weighted by atomic mass is 10.1. The van der Waals surface area contributed by atoms with Crippen LogP contribution in [0.5, 0.6) is 0 Å². The lowest BCUT2D eigenvalue weighted by Gasteiger charge is -2.24. The predicted molar refractivity (Wildman–Crippen MR) is 70.1 cm³/mol. The Kier molecular flexibility index (Phi) is 3.23. The Morgan fingerprint density at radius 3 is 2.85 bits per heavy atom. The Bertz CT molecular complexity index is 634. The second-order valence-electron chi connectivity index (χ2n) is 4.77. The van der Waals surface area contributed by atoms with E-state index in [1.165, 1.54) is 12.7 Å². The average Bonchev–Trinajstić information content (AvgIpc) is 2.90. The van der Waals surface area contributed by atoms with Crippen molar-refractivity contribution in [2.45, 2.75) is 26.2 Å². The second-order valence-corrected chi connectivity index (χ2v) is 4.77. The third-order valence-corrected chi connectivity index (χ3v) is 3.43. The van der Waals surface area contributed by atoms with Crippen LogP contribution >= 0.6 is 0 Å². The van der Waals surface area contributed by atoms with E-state index < -0.39 is 5.97 Å². The van der Waals surface area contributed by atoms with Gasteiger partial charge in [-0.15, -0.1) is 5.10 Å². The van der Waals surface area contributed by atoms with Crippen LogP contribution in [0.3, 0.4) is 0 Å². The first kappa shape index (κ1) is 12.8. The summed E-state index contributed by atoms with van der Waals surface area (Å²) >= 11 is 0. The maximum Gasteiger partial charge on any atom is 0.360 e. The zero-order chi connectivity index (χ0) is 14.1. The molecule has 6 nitrogen and oxygen atoms in total. The van der Waals surface area contributed by atoms with Crippen LogP contribution in [0.15, 0.2) is 24.3 Å². The number of methoxy groups -OCH3 is 1. The van der Waals surface area contributed by atoms with Crippen LogP contribution in [0.4, 0.5) is 0 Å². The van der Waals surface area contributed by atoms with Gasteiger partial charge in [0.25, 0.3) is 0 Å². The second kappa shape index (κ2) is 5.05. The molecular weight excluding hydrogens is 258 g/mol. The summed E-state index contributed by atoms with van der Waals surface area (Å²) in [6.45, 7) is 2.89. The third-order valence-electron chi connectivity index (χ3n) is 3.43. The van der Waals surface area contributed by atoms with E-state index in [4.69, 9.17) is 4.74 Å². The number of esters is 1. The van der Waals surface area contributed by atoms with Crippen molar-refractivity contribution in [2.75, 3.05) is 7.11 Å². The van der Waals surface area contributed by atoms with Gasteiger partial charge in [-0.05, 0) is 12.5 Å². The van der Waals surface area contributed by atoms with Gasteiger partial charge >= 0.3 is 5.97 Å². The molecule has 0 spiro atoms. The van der Waals surface area contributed by atoms with Gasteiger partial charge in [-0.25, -0.2) is 9.48 Å². The highest BCUT2D eigenvalue weighted by Crippen LogP contribution is 2.27. The van der Waals surface area contributed by atoms with Crippen molar-refractivity contribution in [2.24, 2.45) is 0 Å². The predicted octanol–water partition coefficient (Wildman–Crippen LogP) is 1.64. The Morgan fingerprint density at radius 2 is 2.15 bits per heavy atom. The lowest BCUT2D eigenvalue weighted by Crippen LogP contribution is -2.23. The Hall–Kier alpha value is -2.21. The molecule has 0 saturated carbocycles. The summed E-state index contributed by atoms with van der Waals surface area (Å²) in [5, 5.41) is 7.87. The van der Waals surface area contributed by atoms with Crippen LogP contribution < -0.4 is 0 Å². The van der Waals surface area contributed by atoms with Gasteiger partial charge < -0.3 is 9.47 Å². The first-order chi connectivity index (χ1) is 9.69. The SMILES string of the molecule is COC(=O)c1nnn2c1CO[C@@H](c1ccc(C)cc1)C2. The number of ether oxygens (including phenoxy) is 2. The van der Waals surface area contributed by atoms with E-state index in [1.54, 1.807) is 4.68 Å². The number of aromatic nitrogens is 3. The molecule has 2 aromatic rings. The van der Waals surface area contributed by atoms with Crippen LogP contribution in [0.1, 0.15) is 33.4 Å². The zero-order valence-corrected chi connectivity index (χ0v) is 11.4. The number of benzene rings is 1. The first-order valence-corrected chi connectivity index (χ1v) is 6.38. The molecule has 2 heterocycles. The van der Waals surface area contributed by atoms with Crippen molar-refractivity contribution in [3.05, 3.63) is 46.8 Å². The van der Waals surface area contributed by atoms with E-state index in [-0.39, 0.29) is 11.8 Å². The molecule has 1 aliphatic heterocycles. The summed E-state index contributed by atoms with van der Waals surface area (Å²) in [5.74, 6) is -0.483. The van der Waals surface area contributed by atoms with Gasteiger partial charge in [0.2, 0.25) is 0 Å². The molecule has 0 N–H and O–H groups in total. The highest BCUT2D eigenvalue weighted by Gasteiger charge is 2.27. The fourth-order valence-electron chi connectivity index (χ4n) is 2.25. The van der Waals surface area contributed by atoms with Gasteiger partial charge in [0.15, 0.2) is 5.69 Å². The minimum atomic E-state index is -0.483.